The van der Waals surface area contributed by atoms with Crippen LogP contribution in [0.2, 0.25) is 0 Å². The molecule has 1 aromatic heterocycles. The van der Waals surface area contributed by atoms with E-state index >= 15 is 0 Å². The average molecular weight is 257 g/mol. The number of sulfone groups is 1. The first-order chi connectivity index (χ1) is 7.91. The fraction of sp³-hybridized carbons (Fsp3) is 0.545. The lowest BCUT2D eigenvalue weighted by Crippen LogP contribution is -2.37. The molecule has 2 rings (SSSR count). The first-order valence-electron chi connectivity index (χ1n) is 5.42. The maximum atomic E-state index is 12.1. The van der Waals surface area contributed by atoms with Crippen LogP contribution in [0, 0.1) is 6.92 Å². The lowest BCUT2D eigenvalue weighted by Gasteiger charge is -2.22. The Hall–Kier alpha value is -1.30. The Morgan fingerprint density at radius 3 is 2.71 bits per heavy atom. The van der Waals surface area contributed by atoms with Crippen molar-refractivity contribution in [3.8, 4) is 0 Å². The van der Waals surface area contributed by atoms with Gasteiger partial charge in [-0.25, -0.2) is 8.42 Å². The second-order valence-electron chi connectivity index (χ2n) is 4.36. The van der Waals surface area contributed by atoms with Gasteiger partial charge in [-0.1, -0.05) is 0 Å². The molecule has 2 heterocycles. The molecule has 1 fully saturated rings. The summed E-state index contributed by atoms with van der Waals surface area (Å²) in [6, 6.07) is 1.39. The van der Waals surface area contributed by atoms with Gasteiger partial charge in [-0.05, 0) is 19.4 Å². The molecule has 94 valence electrons. The predicted octanol–water partition coefficient (Wildman–Crippen LogP) is 0.847. The van der Waals surface area contributed by atoms with E-state index < -0.39 is 9.84 Å². The van der Waals surface area contributed by atoms with E-state index in [1.54, 1.807) is 20.0 Å². The van der Waals surface area contributed by atoms with Gasteiger partial charge in [-0.3, -0.25) is 4.79 Å². The summed E-state index contributed by atoms with van der Waals surface area (Å²) in [5.41, 5.74) is 0.497. The van der Waals surface area contributed by atoms with Crippen molar-refractivity contribution in [2.75, 3.05) is 18.6 Å². The first-order valence-corrected chi connectivity index (χ1v) is 7.24. The molecule has 1 aliphatic heterocycles. The minimum Gasteiger partial charge on any atom is -0.469 e. The molecule has 17 heavy (non-hydrogen) atoms. The summed E-state index contributed by atoms with van der Waals surface area (Å²) in [5.74, 6) is 0.604. The molecule has 0 saturated carbocycles. The molecule has 1 aliphatic rings. The molecule has 0 N–H and O–H groups in total. The molecule has 1 aromatic rings. The van der Waals surface area contributed by atoms with Crippen LogP contribution in [0.1, 0.15) is 22.5 Å². The van der Waals surface area contributed by atoms with Crippen molar-refractivity contribution >= 4 is 15.7 Å². The van der Waals surface area contributed by atoms with E-state index in [-0.39, 0.29) is 23.5 Å². The van der Waals surface area contributed by atoms with Gasteiger partial charge >= 0.3 is 0 Å². The zero-order valence-electron chi connectivity index (χ0n) is 9.84. The van der Waals surface area contributed by atoms with Gasteiger partial charge in [0.1, 0.15) is 5.76 Å². The third-order valence-corrected chi connectivity index (χ3v) is 4.92. The number of carbonyl (C=O) groups excluding carboxylic acids is 1. The summed E-state index contributed by atoms with van der Waals surface area (Å²) in [4.78, 5) is 13.6. The Kier molecular flexibility index (Phi) is 2.99. The second-order valence-corrected chi connectivity index (χ2v) is 6.59. The summed E-state index contributed by atoms with van der Waals surface area (Å²) in [5, 5.41) is 0. The Morgan fingerprint density at radius 2 is 2.24 bits per heavy atom. The summed E-state index contributed by atoms with van der Waals surface area (Å²) >= 11 is 0. The van der Waals surface area contributed by atoms with Crippen LogP contribution in [0.5, 0.6) is 0 Å². The highest BCUT2D eigenvalue weighted by Gasteiger charge is 2.33. The number of rotatable bonds is 2. The van der Waals surface area contributed by atoms with Crippen molar-refractivity contribution in [1.29, 1.82) is 0 Å². The topological polar surface area (TPSA) is 67.6 Å². The molecular weight excluding hydrogens is 242 g/mol. The highest BCUT2D eigenvalue weighted by atomic mass is 32.2. The predicted molar refractivity (Wildman–Crippen MR) is 62.6 cm³/mol. The van der Waals surface area contributed by atoms with E-state index in [1.807, 2.05) is 0 Å². The minimum atomic E-state index is -2.97. The molecule has 1 atom stereocenters. The van der Waals surface area contributed by atoms with Gasteiger partial charge in [0.05, 0.1) is 23.3 Å². The first kappa shape index (κ1) is 12.2. The largest absolute Gasteiger partial charge is 0.469 e. The number of furan rings is 1. The number of hydrogen-bond acceptors (Lipinski definition) is 4. The quantitative estimate of drug-likeness (QED) is 0.787. The van der Waals surface area contributed by atoms with E-state index in [9.17, 15) is 13.2 Å². The standard InChI is InChI=1S/C11H15NO4S/c1-8-10(3-5-16-8)11(13)12(2)9-4-6-17(14,15)7-9/h3,5,9H,4,6-7H2,1-2H3/t9-/m1/s1. The Balaban J connectivity index is 2.14. The van der Waals surface area contributed by atoms with E-state index in [0.29, 0.717) is 17.7 Å². The fourth-order valence-electron chi connectivity index (χ4n) is 2.04. The molecule has 0 aromatic carbocycles. The van der Waals surface area contributed by atoms with Crippen LogP contribution >= 0.6 is 0 Å². The molecule has 1 amide bonds. The number of aryl methyl sites for hydroxylation is 1. The van der Waals surface area contributed by atoms with Gasteiger partial charge in [0.25, 0.3) is 5.91 Å². The Labute approximate surface area is 100 Å². The zero-order chi connectivity index (χ0) is 12.6. The third kappa shape index (κ3) is 2.36. The second kappa shape index (κ2) is 4.18. The Bertz CT molecular complexity index is 531. The van der Waals surface area contributed by atoms with Gasteiger partial charge in [-0.2, -0.15) is 0 Å². The van der Waals surface area contributed by atoms with Crippen LogP contribution in [0.4, 0.5) is 0 Å². The monoisotopic (exact) mass is 257 g/mol. The van der Waals surface area contributed by atoms with E-state index in [0.717, 1.165) is 0 Å². The molecule has 5 nitrogen and oxygen atoms in total. The number of amides is 1. The van der Waals surface area contributed by atoms with Gasteiger partial charge in [0, 0.05) is 13.1 Å². The van der Waals surface area contributed by atoms with Crippen molar-refractivity contribution in [1.82, 2.24) is 4.90 Å². The van der Waals surface area contributed by atoms with Gasteiger partial charge in [-0.15, -0.1) is 0 Å². The summed E-state index contributed by atoms with van der Waals surface area (Å²) in [7, 11) is -1.33. The highest BCUT2D eigenvalue weighted by molar-refractivity contribution is 7.91. The number of hydrogen-bond donors (Lipinski definition) is 0. The van der Waals surface area contributed by atoms with Crippen molar-refractivity contribution in [3.63, 3.8) is 0 Å². The van der Waals surface area contributed by atoms with Crippen molar-refractivity contribution in [3.05, 3.63) is 23.7 Å². The minimum absolute atomic E-state index is 0.0616. The molecule has 0 aliphatic carbocycles. The lowest BCUT2D eigenvalue weighted by molar-refractivity contribution is 0.0746. The van der Waals surface area contributed by atoms with Crippen LogP contribution in [0.15, 0.2) is 16.7 Å². The third-order valence-electron chi connectivity index (χ3n) is 3.17. The van der Waals surface area contributed by atoms with Crippen LogP contribution in [0.25, 0.3) is 0 Å². The van der Waals surface area contributed by atoms with Gasteiger partial charge < -0.3 is 9.32 Å². The molecule has 0 spiro atoms. The summed E-state index contributed by atoms with van der Waals surface area (Å²) < 4.78 is 27.8. The molecular formula is C11H15NO4S. The summed E-state index contributed by atoms with van der Waals surface area (Å²) in [6.07, 6.45) is 1.98. The summed E-state index contributed by atoms with van der Waals surface area (Å²) in [6.45, 7) is 1.71. The molecule has 0 bridgehead atoms. The maximum Gasteiger partial charge on any atom is 0.257 e. The number of nitrogens with zero attached hydrogens (tertiary/aromatic N) is 1. The van der Waals surface area contributed by atoms with Crippen LogP contribution in [-0.2, 0) is 9.84 Å². The lowest BCUT2D eigenvalue weighted by atomic mass is 10.2. The molecule has 0 radical (unpaired) electrons. The van der Waals surface area contributed by atoms with Crippen LogP contribution in [-0.4, -0.2) is 43.8 Å². The highest BCUT2D eigenvalue weighted by Crippen LogP contribution is 2.20. The van der Waals surface area contributed by atoms with Gasteiger partial charge in [0.15, 0.2) is 9.84 Å². The molecule has 0 unspecified atom stereocenters. The van der Waals surface area contributed by atoms with Crippen molar-refractivity contribution in [2.45, 2.75) is 19.4 Å². The van der Waals surface area contributed by atoms with E-state index in [1.165, 1.54) is 11.2 Å². The average Bonchev–Trinajstić information content (AvgIpc) is 2.82. The van der Waals surface area contributed by atoms with Gasteiger partial charge in [0.2, 0.25) is 0 Å². The van der Waals surface area contributed by atoms with E-state index in [2.05, 4.69) is 0 Å². The molecule has 1 saturated heterocycles. The maximum absolute atomic E-state index is 12.1. The fourth-order valence-corrected chi connectivity index (χ4v) is 3.82. The number of carbonyl (C=O) groups is 1. The van der Waals surface area contributed by atoms with Crippen LogP contribution in [0.3, 0.4) is 0 Å². The SMILES string of the molecule is Cc1occc1C(=O)N(C)[C@@H]1CCS(=O)(=O)C1. The smallest absolute Gasteiger partial charge is 0.257 e. The zero-order valence-corrected chi connectivity index (χ0v) is 10.7. The van der Waals surface area contributed by atoms with Crippen LogP contribution < -0.4 is 0 Å². The van der Waals surface area contributed by atoms with Crippen molar-refractivity contribution in [2.24, 2.45) is 0 Å². The Morgan fingerprint density at radius 1 is 1.53 bits per heavy atom. The van der Waals surface area contributed by atoms with E-state index in [4.69, 9.17) is 4.42 Å². The molecule has 6 heteroatoms. The normalized spacial score (nSPS) is 22.6. The van der Waals surface area contributed by atoms with Crippen molar-refractivity contribution < 1.29 is 17.6 Å².